The van der Waals surface area contributed by atoms with Crippen LogP contribution >= 0.6 is 0 Å². The van der Waals surface area contributed by atoms with Gasteiger partial charge in [0.1, 0.15) is 5.75 Å². The second kappa shape index (κ2) is 8.49. The van der Waals surface area contributed by atoms with E-state index < -0.39 is 0 Å². The van der Waals surface area contributed by atoms with Crippen molar-refractivity contribution in [3.8, 4) is 17.1 Å². The lowest BCUT2D eigenvalue weighted by Gasteiger charge is -2.22. The van der Waals surface area contributed by atoms with Gasteiger partial charge < -0.3 is 14.1 Å². The molecule has 0 N–H and O–H groups in total. The van der Waals surface area contributed by atoms with E-state index in [2.05, 4.69) is 4.98 Å². The molecule has 1 amide bonds. The number of oxazole rings is 1. The summed E-state index contributed by atoms with van der Waals surface area (Å²) in [6.07, 6.45) is 1.71. The molecule has 2 aromatic rings. The van der Waals surface area contributed by atoms with Crippen molar-refractivity contribution in [3.05, 3.63) is 36.4 Å². The number of likely N-dealkylation sites (N-methyl/N-ethyl adjacent to an activating group) is 2. The zero-order valence-electron chi connectivity index (χ0n) is 14.8. The Morgan fingerprint density at radius 1 is 1.21 bits per heavy atom. The van der Waals surface area contributed by atoms with E-state index in [4.69, 9.17) is 9.15 Å². The minimum absolute atomic E-state index is 0.115. The number of carbonyl (C=O) groups excluding carboxylic acids is 1. The molecule has 0 aliphatic carbocycles. The van der Waals surface area contributed by atoms with Crippen LogP contribution in [0.3, 0.4) is 0 Å². The predicted molar refractivity (Wildman–Crippen MR) is 92.8 cm³/mol. The number of carbonyl (C=O) groups is 1. The van der Waals surface area contributed by atoms with Gasteiger partial charge in [0.2, 0.25) is 11.8 Å². The van der Waals surface area contributed by atoms with Crippen LogP contribution in [0.4, 0.5) is 0 Å². The zero-order valence-corrected chi connectivity index (χ0v) is 14.8. The number of hydrogen-bond donors (Lipinski definition) is 0. The highest BCUT2D eigenvalue weighted by molar-refractivity contribution is 5.78. The second-order valence-corrected chi connectivity index (χ2v) is 5.59. The molecule has 6 heteroatoms. The number of amides is 1. The van der Waals surface area contributed by atoms with Crippen LogP contribution in [0.25, 0.3) is 11.3 Å². The fraction of sp³-hybridized carbons (Fsp3) is 0.444. The van der Waals surface area contributed by atoms with Crippen molar-refractivity contribution in [3.63, 3.8) is 0 Å². The van der Waals surface area contributed by atoms with E-state index in [1.165, 1.54) is 0 Å². The molecule has 0 unspecified atom stereocenters. The van der Waals surface area contributed by atoms with Gasteiger partial charge in [-0.1, -0.05) is 0 Å². The molecule has 0 fully saturated rings. The van der Waals surface area contributed by atoms with Gasteiger partial charge in [0, 0.05) is 18.7 Å². The Hall–Kier alpha value is -2.34. The molecule has 1 heterocycles. The van der Waals surface area contributed by atoms with Crippen LogP contribution in [0.2, 0.25) is 0 Å². The first kappa shape index (κ1) is 18.0. The standard InChI is InChI=1S/C18H25N3O3/c1-5-21(6-2)18(22)13-20(3)12-17-19-11-16(24-17)14-7-9-15(23-4)10-8-14/h7-11H,5-6,12-13H2,1-4H3. The van der Waals surface area contributed by atoms with Crippen LogP contribution in [0.15, 0.2) is 34.9 Å². The normalized spacial score (nSPS) is 10.9. The maximum absolute atomic E-state index is 12.1. The summed E-state index contributed by atoms with van der Waals surface area (Å²) in [5.74, 6) is 2.21. The summed E-state index contributed by atoms with van der Waals surface area (Å²) >= 11 is 0. The van der Waals surface area contributed by atoms with Crippen molar-refractivity contribution in [2.45, 2.75) is 20.4 Å². The lowest BCUT2D eigenvalue weighted by Crippen LogP contribution is -2.38. The number of methoxy groups -OCH3 is 1. The predicted octanol–water partition coefficient (Wildman–Crippen LogP) is 2.65. The van der Waals surface area contributed by atoms with Crippen LogP contribution in [-0.2, 0) is 11.3 Å². The van der Waals surface area contributed by atoms with Gasteiger partial charge in [-0.3, -0.25) is 9.69 Å². The van der Waals surface area contributed by atoms with Crippen molar-refractivity contribution in [1.82, 2.24) is 14.8 Å². The highest BCUT2D eigenvalue weighted by atomic mass is 16.5. The van der Waals surface area contributed by atoms with Crippen molar-refractivity contribution >= 4 is 5.91 Å². The highest BCUT2D eigenvalue weighted by Gasteiger charge is 2.15. The number of ether oxygens (including phenoxy) is 1. The smallest absolute Gasteiger partial charge is 0.236 e. The van der Waals surface area contributed by atoms with Gasteiger partial charge in [-0.15, -0.1) is 0 Å². The molecule has 0 bridgehead atoms. The van der Waals surface area contributed by atoms with Crippen LogP contribution in [0.1, 0.15) is 19.7 Å². The lowest BCUT2D eigenvalue weighted by molar-refractivity contribution is -0.131. The molecule has 0 atom stereocenters. The zero-order chi connectivity index (χ0) is 17.5. The number of rotatable bonds is 8. The van der Waals surface area contributed by atoms with Crippen molar-refractivity contribution in [2.24, 2.45) is 0 Å². The van der Waals surface area contributed by atoms with Crippen LogP contribution in [0.5, 0.6) is 5.75 Å². The maximum Gasteiger partial charge on any atom is 0.236 e. The van der Waals surface area contributed by atoms with E-state index in [1.54, 1.807) is 13.3 Å². The molecule has 0 aliphatic heterocycles. The minimum atomic E-state index is 0.115. The Morgan fingerprint density at radius 3 is 2.46 bits per heavy atom. The Kier molecular flexibility index (Phi) is 6.37. The van der Waals surface area contributed by atoms with E-state index in [0.717, 1.165) is 24.4 Å². The summed E-state index contributed by atoms with van der Waals surface area (Å²) < 4.78 is 10.9. The Balaban J connectivity index is 1.96. The van der Waals surface area contributed by atoms with Crippen LogP contribution in [-0.4, -0.2) is 54.5 Å². The minimum Gasteiger partial charge on any atom is -0.497 e. The van der Waals surface area contributed by atoms with Gasteiger partial charge in [0.15, 0.2) is 5.76 Å². The van der Waals surface area contributed by atoms with Gasteiger partial charge in [-0.25, -0.2) is 4.98 Å². The third-order valence-corrected chi connectivity index (χ3v) is 3.85. The lowest BCUT2D eigenvalue weighted by atomic mass is 10.2. The number of nitrogens with zero attached hydrogens (tertiary/aromatic N) is 3. The summed E-state index contributed by atoms with van der Waals surface area (Å²) in [6, 6.07) is 7.62. The summed E-state index contributed by atoms with van der Waals surface area (Å²) in [7, 11) is 3.52. The third-order valence-electron chi connectivity index (χ3n) is 3.85. The van der Waals surface area contributed by atoms with E-state index >= 15 is 0 Å². The largest absolute Gasteiger partial charge is 0.497 e. The molecule has 130 valence electrons. The number of benzene rings is 1. The van der Waals surface area contributed by atoms with Crippen molar-refractivity contribution in [2.75, 3.05) is 33.8 Å². The fourth-order valence-electron chi connectivity index (χ4n) is 2.47. The molecule has 0 radical (unpaired) electrons. The van der Waals surface area contributed by atoms with E-state index in [1.807, 2.05) is 55.0 Å². The molecular weight excluding hydrogens is 306 g/mol. The first-order chi connectivity index (χ1) is 11.6. The fourth-order valence-corrected chi connectivity index (χ4v) is 2.47. The first-order valence-corrected chi connectivity index (χ1v) is 8.12. The van der Waals surface area contributed by atoms with Crippen LogP contribution < -0.4 is 4.74 Å². The van der Waals surface area contributed by atoms with Crippen molar-refractivity contribution < 1.29 is 13.9 Å². The van der Waals surface area contributed by atoms with Gasteiger partial charge in [-0.05, 0) is 45.2 Å². The molecule has 1 aromatic carbocycles. The second-order valence-electron chi connectivity index (χ2n) is 5.59. The topological polar surface area (TPSA) is 58.8 Å². The monoisotopic (exact) mass is 331 g/mol. The molecular formula is C18H25N3O3. The Bertz CT molecular complexity index is 648. The maximum atomic E-state index is 12.1. The molecule has 2 rings (SSSR count). The SMILES string of the molecule is CCN(CC)C(=O)CN(C)Cc1ncc(-c2ccc(OC)cc2)o1. The van der Waals surface area contributed by atoms with Crippen LogP contribution in [0, 0.1) is 0 Å². The molecule has 0 spiro atoms. The van der Waals surface area contributed by atoms with Gasteiger partial charge in [0.25, 0.3) is 0 Å². The Labute approximate surface area is 143 Å². The van der Waals surface area contributed by atoms with E-state index in [-0.39, 0.29) is 5.91 Å². The molecule has 0 saturated heterocycles. The Morgan fingerprint density at radius 2 is 1.88 bits per heavy atom. The average molecular weight is 331 g/mol. The van der Waals surface area contributed by atoms with E-state index in [0.29, 0.717) is 24.7 Å². The molecule has 1 aromatic heterocycles. The molecule has 24 heavy (non-hydrogen) atoms. The molecule has 6 nitrogen and oxygen atoms in total. The van der Waals surface area contributed by atoms with E-state index in [9.17, 15) is 4.79 Å². The average Bonchev–Trinajstić information content (AvgIpc) is 3.04. The molecule has 0 saturated carbocycles. The summed E-state index contributed by atoms with van der Waals surface area (Å²) in [5, 5.41) is 0. The first-order valence-electron chi connectivity index (χ1n) is 8.12. The quantitative estimate of drug-likeness (QED) is 0.744. The van der Waals surface area contributed by atoms with Gasteiger partial charge >= 0.3 is 0 Å². The summed E-state index contributed by atoms with van der Waals surface area (Å²) in [6.45, 7) is 6.26. The van der Waals surface area contributed by atoms with Crippen molar-refractivity contribution in [1.29, 1.82) is 0 Å². The highest BCUT2D eigenvalue weighted by Crippen LogP contribution is 2.23. The number of aromatic nitrogens is 1. The van der Waals surface area contributed by atoms with Gasteiger partial charge in [-0.2, -0.15) is 0 Å². The molecule has 0 aliphatic rings. The number of hydrogen-bond acceptors (Lipinski definition) is 5. The summed E-state index contributed by atoms with van der Waals surface area (Å²) in [4.78, 5) is 20.1. The summed E-state index contributed by atoms with van der Waals surface area (Å²) in [5.41, 5.74) is 0.941. The third kappa shape index (κ3) is 4.58. The van der Waals surface area contributed by atoms with Gasteiger partial charge in [0.05, 0.1) is 26.4 Å².